The highest BCUT2D eigenvalue weighted by Crippen LogP contribution is 2.39. The Bertz CT molecular complexity index is 531. The highest BCUT2D eigenvalue weighted by atomic mass is 32.1. The van der Waals surface area contributed by atoms with E-state index in [2.05, 4.69) is 31.8 Å². The second-order valence-electron chi connectivity index (χ2n) is 4.19. The molecule has 0 radical (unpaired) electrons. The number of hydrogen-bond donors (Lipinski definition) is 1. The van der Waals surface area contributed by atoms with Crippen molar-refractivity contribution in [2.45, 2.75) is 26.7 Å². The van der Waals surface area contributed by atoms with Gasteiger partial charge in [-0.1, -0.05) is 25.2 Å². The number of nitrogens with zero attached hydrogens (tertiary/aromatic N) is 1. The van der Waals surface area contributed by atoms with Crippen LogP contribution >= 0.6 is 11.3 Å². The van der Waals surface area contributed by atoms with Gasteiger partial charge in [-0.05, 0) is 24.5 Å². The van der Waals surface area contributed by atoms with Crippen LogP contribution in [0, 0.1) is 6.92 Å². The van der Waals surface area contributed by atoms with Crippen LogP contribution in [-0.4, -0.2) is 12.1 Å². The lowest BCUT2D eigenvalue weighted by Crippen LogP contribution is -1.98. The smallest absolute Gasteiger partial charge is 0.181 e. The van der Waals surface area contributed by atoms with Crippen molar-refractivity contribution >= 4 is 26.7 Å². The van der Waals surface area contributed by atoms with Gasteiger partial charge in [0.05, 0.1) is 17.3 Å². The molecular formula is C12H16N2OS. The first-order valence-electron chi connectivity index (χ1n) is 5.28. The van der Waals surface area contributed by atoms with Crippen LogP contribution in [0.15, 0.2) is 6.07 Å². The molecule has 16 heavy (non-hydrogen) atoms. The number of nitrogens with two attached hydrogens (primary N) is 1. The van der Waals surface area contributed by atoms with E-state index in [1.165, 1.54) is 11.3 Å². The van der Waals surface area contributed by atoms with Gasteiger partial charge in [-0.3, -0.25) is 0 Å². The lowest BCUT2D eigenvalue weighted by Gasteiger charge is -2.14. The van der Waals surface area contributed by atoms with Crippen molar-refractivity contribution in [2.24, 2.45) is 0 Å². The molecule has 0 bridgehead atoms. The minimum Gasteiger partial charge on any atom is -0.496 e. The Morgan fingerprint density at radius 3 is 2.69 bits per heavy atom. The standard InChI is InChI=1S/C12H16N2OS/c1-6(2)9-10-8(16-12(13)14-10)5-7(3)11(9)15-4/h5-6H,1-4H3,(H2,13,14). The molecule has 0 atom stereocenters. The molecule has 0 fully saturated rings. The van der Waals surface area contributed by atoms with Gasteiger partial charge in [0.25, 0.3) is 0 Å². The molecule has 2 rings (SSSR count). The van der Waals surface area contributed by atoms with E-state index in [1.54, 1.807) is 7.11 Å². The van der Waals surface area contributed by atoms with Crippen LogP contribution in [0.2, 0.25) is 0 Å². The number of methoxy groups -OCH3 is 1. The average Bonchev–Trinajstić information content (AvgIpc) is 2.55. The number of aryl methyl sites for hydroxylation is 1. The first-order valence-corrected chi connectivity index (χ1v) is 6.09. The second-order valence-corrected chi connectivity index (χ2v) is 5.26. The largest absolute Gasteiger partial charge is 0.496 e. The van der Waals surface area contributed by atoms with Gasteiger partial charge in [-0.15, -0.1) is 0 Å². The van der Waals surface area contributed by atoms with E-state index >= 15 is 0 Å². The number of anilines is 1. The van der Waals surface area contributed by atoms with E-state index in [1.807, 2.05) is 0 Å². The number of benzene rings is 1. The van der Waals surface area contributed by atoms with E-state index < -0.39 is 0 Å². The van der Waals surface area contributed by atoms with Crippen LogP contribution in [0.1, 0.15) is 30.9 Å². The summed E-state index contributed by atoms with van der Waals surface area (Å²) in [5, 5.41) is 0.615. The highest BCUT2D eigenvalue weighted by molar-refractivity contribution is 7.22. The topological polar surface area (TPSA) is 48.1 Å². The van der Waals surface area contributed by atoms with Gasteiger partial charge in [0.1, 0.15) is 5.75 Å². The lowest BCUT2D eigenvalue weighted by molar-refractivity contribution is 0.405. The number of aromatic nitrogens is 1. The first kappa shape index (κ1) is 11.2. The molecule has 0 saturated carbocycles. The Labute approximate surface area is 99.3 Å². The zero-order valence-electron chi connectivity index (χ0n) is 10.00. The quantitative estimate of drug-likeness (QED) is 0.870. The summed E-state index contributed by atoms with van der Waals surface area (Å²) < 4.78 is 6.62. The Hall–Kier alpha value is -1.29. The molecule has 4 heteroatoms. The fourth-order valence-corrected chi connectivity index (χ4v) is 2.88. The van der Waals surface area contributed by atoms with Gasteiger partial charge in [-0.2, -0.15) is 0 Å². The molecular weight excluding hydrogens is 220 g/mol. The van der Waals surface area contributed by atoms with Crippen LogP contribution in [0.25, 0.3) is 10.2 Å². The molecule has 0 amide bonds. The second kappa shape index (κ2) is 3.94. The summed E-state index contributed by atoms with van der Waals surface area (Å²) in [5.41, 5.74) is 9.05. The number of nitrogen functional groups attached to an aromatic ring is 1. The number of thiazole rings is 1. The molecule has 2 aromatic rings. The molecule has 0 unspecified atom stereocenters. The van der Waals surface area contributed by atoms with E-state index in [0.29, 0.717) is 11.0 Å². The third kappa shape index (κ3) is 1.63. The SMILES string of the molecule is COc1c(C)cc2sc(N)nc2c1C(C)C. The molecule has 1 aromatic heterocycles. The third-order valence-electron chi connectivity index (χ3n) is 2.66. The number of rotatable bonds is 2. The van der Waals surface area contributed by atoms with Crippen LogP contribution in [0.4, 0.5) is 5.13 Å². The molecule has 3 nitrogen and oxygen atoms in total. The Morgan fingerprint density at radius 1 is 1.44 bits per heavy atom. The molecule has 1 heterocycles. The molecule has 2 N–H and O–H groups in total. The van der Waals surface area contributed by atoms with E-state index in [4.69, 9.17) is 10.5 Å². The number of fused-ring (bicyclic) bond motifs is 1. The number of hydrogen-bond acceptors (Lipinski definition) is 4. The molecule has 0 aliphatic carbocycles. The Balaban J connectivity index is 2.86. The molecule has 0 spiro atoms. The molecule has 86 valence electrons. The zero-order valence-corrected chi connectivity index (χ0v) is 10.8. The van der Waals surface area contributed by atoms with Crippen LogP contribution in [0.3, 0.4) is 0 Å². The van der Waals surface area contributed by atoms with Crippen molar-refractivity contribution in [3.05, 3.63) is 17.2 Å². The molecule has 0 saturated heterocycles. The fourth-order valence-electron chi connectivity index (χ4n) is 2.03. The summed E-state index contributed by atoms with van der Waals surface area (Å²) in [6, 6.07) is 2.09. The summed E-state index contributed by atoms with van der Waals surface area (Å²) in [7, 11) is 1.70. The monoisotopic (exact) mass is 236 g/mol. The average molecular weight is 236 g/mol. The van der Waals surface area contributed by atoms with Crippen molar-refractivity contribution in [3.63, 3.8) is 0 Å². The third-order valence-corrected chi connectivity index (χ3v) is 3.49. The van der Waals surface area contributed by atoms with E-state index in [-0.39, 0.29) is 0 Å². The van der Waals surface area contributed by atoms with Crippen molar-refractivity contribution in [2.75, 3.05) is 12.8 Å². The van der Waals surface area contributed by atoms with Crippen molar-refractivity contribution in [3.8, 4) is 5.75 Å². The Morgan fingerprint density at radius 2 is 2.12 bits per heavy atom. The lowest BCUT2D eigenvalue weighted by atomic mass is 9.98. The summed E-state index contributed by atoms with van der Waals surface area (Å²) in [6.07, 6.45) is 0. The van der Waals surface area contributed by atoms with Crippen LogP contribution in [-0.2, 0) is 0 Å². The highest BCUT2D eigenvalue weighted by Gasteiger charge is 2.17. The minimum atomic E-state index is 0.374. The maximum absolute atomic E-state index is 5.77. The van der Waals surface area contributed by atoms with Gasteiger partial charge in [0, 0.05) is 5.56 Å². The van der Waals surface area contributed by atoms with Gasteiger partial charge >= 0.3 is 0 Å². The molecule has 1 aromatic carbocycles. The van der Waals surface area contributed by atoms with Gasteiger partial charge in [0.15, 0.2) is 5.13 Å². The predicted molar refractivity (Wildman–Crippen MR) is 69.4 cm³/mol. The normalized spacial score (nSPS) is 11.3. The van der Waals surface area contributed by atoms with Crippen LogP contribution < -0.4 is 10.5 Å². The van der Waals surface area contributed by atoms with E-state index in [9.17, 15) is 0 Å². The van der Waals surface area contributed by atoms with E-state index in [0.717, 1.165) is 27.1 Å². The summed E-state index contributed by atoms with van der Waals surface area (Å²) in [4.78, 5) is 4.40. The van der Waals surface area contributed by atoms with Crippen molar-refractivity contribution in [1.82, 2.24) is 4.98 Å². The number of ether oxygens (including phenoxy) is 1. The zero-order chi connectivity index (χ0) is 11.9. The summed E-state index contributed by atoms with van der Waals surface area (Å²) in [5.74, 6) is 1.31. The molecule has 0 aliphatic heterocycles. The van der Waals surface area contributed by atoms with Crippen molar-refractivity contribution < 1.29 is 4.74 Å². The van der Waals surface area contributed by atoms with Crippen molar-refractivity contribution in [1.29, 1.82) is 0 Å². The molecule has 0 aliphatic rings. The first-order chi connectivity index (χ1) is 7.54. The maximum Gasteiger partial charge on any atom is 0.181 e. The maximum atomic E-state index is 5.77. The van der Waals surface area contributed by atoms with Gasteiger partial charge in [0.2, 0.25) is 0 Å². The van der Waals surface area contributed by atoms with Gasteiger partial charge < -0.3 is 10.5 Å². The Kier molecular flexibility index (Phi) is 2.76. The minimum absolute atomic E-state index is 0.374. The summed E-state index contributed by atoms with van der Waals surface area (Å²) >= 11 is 1.53. The summed E-state index contributed by atoms with van der Waals surface area (Å²) in [6.45, 7) is 6.35. The fraction of sp³-hybridized carbons (Fsp3) is 0.417. The van der Waals surface area contributed by atoms with Gasteiger partial charge in [-0.25, -0.2) is 4.98 Å². The predicted octanol–water partition coefficient (Wildman–Crippen LogP) is 3.32. The van der Waals surface area contributed by atoms with Crippen LogP contribution in [0.5, 0.6) is 5.75 Å².